The zero-order chi connectivity index (χ0) is 49.9. The van der Waals surface area contributed by atoms with Gasteiger partial charge in [-0.25, -0.2) is 79.0 Å². The fourth-order valence-electron chi connectivity index (χ4n) is 7.78. The van der Waals surface area contributed by atoms with E-state index in [9.17, 15) is 13.2 Å². The number of benzene rings is 7. The molecule has 0 bridgehead atoms. The van der Waals surface area contributed by atoms with Crippen molar-refractivity contribution >= 4 is 63.3 Å². The molecule has 0 aliphatic carbocycles. The van der Waals surface area contributed by atoms with Crippen LogP contribution in [-0.4, -0.2) is 6.35 Å². The Morgan fingerprint density at radius 3 is 0.971 bits per heavy atom. The lowest BCUT2D eigenvalue weighted by Gasteiger charge is -2.46. The van der Waals surface area contributed by atoms with E-state index in [2.05, 4.69) is 6.58 Å². The van der Waals surface area contributed by atoms with Gasteiger partial charge in [-0.15, -0.1) is 0 Å². The summed E-state index contributed by atoms with van der Waals surface area (Å²) in [4.78, 5) is 0. The Balaban J connectivity index is 1.78. The molecule has 0 aromatic heterocycles. The minimum Gasteiger partial charge on any atom is -0.702 e. The summed E-state index contributed by atoms with van der Waals surface area (Å²) in [5, 5.41) is -1.62. The van der Waals surface area contributed by atoms with Gasteiger partial charge in [0.2, 0.25) is 0 Å². The first-order valence-corrected chi connectivity index (χ1v) is 20.9. The van der Waals surface area contributed by atoms with Gasteiger partial charge >= 0.3 is 0 Å². The summed E-state index contributed by atoms with van der Waals surface area (Å²) >= 11 is 6.04. The molecule has 0 fully saturated rings. The molecule has 0 saturated carbocycles. The second-order valence-corrected chi connectivity index (χ2v) is 18.4. The third-order valence-corrected chi connectivity index (χ3v) is 15.1. The van der Waals surface area contributed by atoms with Crippen LogP contribution in [0.25, 0.3) is 5.76 Å². The van der Waals surface area contributed by atoms with Crippen molar-refractivity contribution < 1.29 is 83.7 Å². The fourth-order valence-corrected chi connectivity index (χ4v) is 12.0. The summed E-state index contributed by atoms with van der Waals surface area (Å²) in [6.07, 6.45) is -6.23. The molecule has 0 N–H and O–H groups in total. The van der Waals surface area contributed by atoms with E-state index in [1.54, 1.807) is 0 Å². The van der Waals surface area contributed by atoms with Gasteiger partial charge < -0.3 is 4.65 Å². The van der Waals surface area contributed by atoms with Gasteiger partial charge in [-0.2, -0.15) is 0 Å². The van der Waals surface area contributed by atoms with Gasteiger partial charge in [0.25, 0.3) is 6.35 Å². The number of allylic oxidation sites excluding steroid dienone is 2. The van der Waals surface area contributed by atoms with Crippen molar-refractivity contribution in [2.45, 2.75) is 0 Å². The van der Waals surface area contributed by atoms with Gasteiger partial charge in [0.05, 0.1) is 5.76 Å². The molecule has 0 radical (unpaired) electrons. The molecule has 68 heavy (non-hydrogen) atoms. The maximum absolute atomic E-state index is 16.5. The standard InChI is InChI=1S/C46H19BClF18OP/c1-19(68(25-8-2-5-22(49)16-25,26-9-3-6-23(50)17-26)27-10-4-7-24(51)18-27)15-28(20-11-13-21(48)14-12-20)67-47(29-32(52)38(58)44(64)39(59)33(29)53,30-34(54)40(60)45(65)41(61)35(30)55)31-36(56)42(62)46(66)43(63)37(31)57/h2-18H,1H2/b28-15-. The first-order valence-electron chi connectivity index (χ1n) is 18.8. The summed E-state index contributed by atoms with van der Waals surface area (Å²) in [7, 11) is -4.36. The molecule has 7 aromatic rings. The van der Waals surface area contributed by atoms with Gasteiger partial charge in [0.1, 0.15) is 80.8 Å². The lowest BCUT2D eigenvalue weighted by atomic mass is 9.27. The van der Waals surface area contributed by atoms with Crippen LogP contribution in [0.4, 0.5) is 79.0 Å². The van der Waals surface area contributed by atoms with Crippen LogP contribution in [0.3, 0.4) is 0 Å². The smallest absolute Gasteiger partial charge is 0.266 e. The lowest BCUT2D eigenvalue weighted by Crippen LogP contribution is -2.74. The van der Waals surface area contributed by atoms with Crippen LogP contribution in [0.1, 0.15) is 5.56 Å². The van der Waals surface area contributed by atoms with E-state index >= 15 is 65.9 Å². The quantitative estimate of drug-likeness (QED) is 0.0239. The van der Waals surface area contributed by atoms with E-state index in [1.165, 1.54) is 18.2 Å². The molecule has 0 aliphatic rings. The monoisotopic (exact) mass is 1010 g/mol. The predicted octanol–water partition coefficient (Wildman–Crippen LogP) is 11.4. The molecule has 0 spiro atoms. The predicted molar refractivity (Wildman–Crippen MR) is 218 cm³/mol. The SMILES string of the molecule is C=C(/C=C(\O[B-](c1c(F)c(F)c(F)c(F)c1F)(c1c(F)c(F)c(F)c(F)c1F)c1c(F)c(F)c(F)c(F)c1F)c1ccc(Cl)cc1)[P+](c1cccc(F)c1)(c1cccc(F)c1)c1cccc(F)c1. The zero-order valence-electron chi connectivity index (χ0n) is 33.1. The van der Waals surface area contributed by atoms with Crippen LogP contribution < -0.4 is 32.3 Å². The molecule has 0 unspecified atom stereocenters. The Kier molecular flexibility index (Phi) is 13.4. The van der Waals surface area contributed by atoms with Crippen molar-refractivity contribution in [2.24, 2.45) is 0 Å². The topological polar surface area (TPSA) is 9.23 Å². The molecule has 7 aromatic carbocycles. The van der Waals surface area contributed by atoms with Gasteiger partial charge in [0.15, 0.2) is 52.4 Å². The van der Waals surface area contributed by atoms with Crippen LogP contribution in [-0.2, 0) is 4.65 Å². The molecular weight excluding hydrogens is 988 g/mol. The Bertz CT molecular complexity index is 2890. The van der Waals surface area contributed by atoms with Crippen molar-refractivity contribution in [1.29, 1.82) is 0 Å². The molecule has 0 heterocycles. The molecule has 22 heteroatoms. The molecule has 0 saturated heterocycles. The highest BCUT2D eigenvalue weighted by Gasteiger charge is 2.53. The Hall–Kier alpha value is -6.66. The van der Waals surface area contributed by atoms with Gasteiger partial charge in [-0.3, -0.25) is 0 Å². The fraction of sp³-hybridized carbons (Fsp3) is 0. The van der Waals surface area contributed by atoms with Crippen LogP contribution in [0, 0.1) is 105 Å². The van der Waals surface area contributed by atoms with E-state index < -0.39 is 151 Å². The normalized spacial score (nSPS) is 12.2. The van der Waals surface area contributed by atoms with Crippen molar-refractivity contribution in [3.05, 3.63) is 230 Å². The summed E-state index contributed by atoms with van der Waals surface area (Å²) in [6.45, 7) is 3.95. The van der Waals surface area contributed by atoms with Crippen LogP contribution in [0.5, 0.6) is 0 Å². The van der Waals surface area contributed by atoms with E-state index in [1.807, 2.05) is 0 Å². The third kappa shape index (κ3) is 7.86. The van der Waals surface area contributed by atoms with Crippen molar-refractivity contribution in [2.75, 3.05) is 0 Å². The summed E-state index contributed by atoms with van der Waals surface area (Å²) in [5.74, 6) is -53.8. The van der Waals surface area contributed by atoms with E-state index in [0.29, 0.717) is 6.08 Å². The van der Waals surface area contributed by atoms with Crippen molar-refractivity contribution in [1.82, 2.24) is 0 Å². The third-order valence-electron chi connectivity index (χ3n) is 10.7. The zero-order valence-corrected chi connectivity index (χ0v) is 34.8. The number of rotatable bonds is 11. The lowest BCUT2D eigenvalue weighted by molar-refractivity contribution is 0.373. The molecular formula is C46H19BClF18OP. The van der Waals surface area contributed by atoms with Crippen molar-refractivity contribution in [3.63, 3.8) is 0 Å². The molecule has 1 nitrogen and oxygen atoms in total. The van der Waals surface area contributed by atoms with Crippen LogP contribution in [0.15, 0.2) is 115 Å². The first-order chi connectivity index (χ1) is 32.0. The maximum Gasteiger partial charge on any atom is 0.266 e. The van der Waals surface area contributed by atoms with Crippen LogP contribution in [0.2, 0.25) is 5.02 Å². The largest absolute Gasteiger partial charge is 0.702 e. The summed E-state index contributed by atoms with van der Waals surface area (Å²) in [6, 6.07) is 15.3. The molecule has 0 aliphatic heterocycles. The number of hydrogen-bond donors (Lipinski definition) is 0. The number of halogens is 19. The van der Waals surface area contributed by atoms with Crippen LogP contribution >= 0.6 is 18.9 Å². The van der Waals surface area contributed by atoms with Gasteiger partial charge in [-0.05, 0) is 60.7 Å². The first kappa shape index (κ1) is 49.3. The Morgan fingerprint density at radius 1 is 0.412 bits per heavy atom. The van der Waals surface area contributed by atoms with Gasteiger partial charge in [0, 0.05) is 34.9 Å². The Labute approximate surface area is 376 Å². The van der Waals surface area contributed by atoms with Gasteiger partial charge in [-0.1, -0.05) is 52.8 Å². The second kappa shape index (κ2) is 18.4. The number of hydrogen-bond acceptors (Lipinski definition) is 1. The maximum atomic E-state index is 16.5. The highest BCUT2D eigenvalue weighted by Crippen LogP contribution is 2.63. The van der Waals surface area contributed by atoms with Crippen molar-refractivity contribution in [3.8, 4) is 0 Å². The van der Waals surface area contributed by atoms with E-state index in [0.717, 1.165) is 78.9 Å². The van der Waals surface area contributed by atoms with E-state index in [4.69, 9.17) is 16.3 Å². The molecule has 350 valence electrons. The second-order valence-electron chi connectivity index (χ2n) is 14.5. The minimum absolute atomic E-state index is 0.232. The summed E-state index contributed by atoms with van der Waals surface area (Å²) < 4.78 is 288. The average Bonchev–Trinajstić information content (AvgIpc) is 3.30. The highest BCUT2D eigenvalue weighted by molar-refractivity contribution is 7.99. The summed E-state index contributed by atoms with van der Waals surface area (Å²) in [5.41, 5.74) is -10.0. The van der Waals surface area contributed by atoms with E-state index in [-0.39, 0.29) is 20.9 Å². The molecule has 7 rings (SSSR count). The molecule has 0 amide bonds. The Morgan fingerprint density at radius 2 is 0.691 bits per heavy atom. The molecule has 0 atom stereocenters. The highest BCUT2D eigenvalue weighted by atomic mass is 35.5. The average molecular weight is 1010 g/mol. The minimum atomic E-state index is -6.68.